The summed E-state index contributed by atoms with van der Waals surface area (Å²) < 4.78 is 0. The van der Waals surface area contributed by atoms with Crippen LogP contribution in [0.25, 0.3) is 0 Å². The van der Waals surface area contributed by atoms with Gasteiger partial charge in [-0.15, -0.1) is 0 Å². The molecule has 0 aromatic rings. The number of hydrogen-bond acceptors (Lipinski definition) is 3. The summed E-state index contributed by atoms with van der Waals surface area (Å²) in [5.41, 5.74) is 5.32. The molecule has 1 saturated heterocycles. The van der Waals surface area contributed by atoms with Crippen molar-refractivity contribution in [2.24, 2.45) is 11.7 Å². The summed E-state index contributed by atoms with van der Waals surface area (Å²) in [6.07, 6.45) is 9.73. The third-order valence-corrected chi connectivity index (χ3v) is 4.71. The topological polar surface area (TPSA) is 66.6 Å². The molecule has 19 heavy (non-hydrogen) atoms. The van der Waals surface area contributed by atoms with Crippen molar-refractivity contribution in [2.75, 3.05) is 13.1 Å². The second-order valence-electron chi connectivity index (χ2n) is 6.35. The second kappa shape index (κ2) is 7.25. The number of carbonyl (C=O) groups is 1. The van der Waals surface area contributed by atoms with Gasteiger partial charge in [0.05, 0.1) is 6.10 Å². The number of amides is 1. The molecule has 1 saturated carbocycles. The van der Waals surface area contributed by atoms with E-state index < -0.39 is 0 Å². The largest absolute Gasteiger partial charge is 0.392 e. The first-order valence-corrected chi connectivity index (χ1v) is 7.85. The van der Waals surface area contributed by atoms with E-state index in [0.717, 1.165) is 25.3 Å². The number of piperidine rings is 1. The molecule has 2 fully saturated rings. The highest BCUT2D eigenvalue weighted by Gasteiger charge is 2.27. The zero-order valence-electron chi connectivity index (χ0n) is 11.9. The van der Waals surface area contributed by atoms with Crippen molar-refractivity contribution >= 4 is 5.91 Å². The molecule has 0 radical (unpaired) electrons. The lowest BCUT2D eigenvalue weighted by Crippen LogP contribution is -2.45. The van der Waals surface area contributed by atoms with Crippen LogP contribution >= 0.6 is 0 Å². The molecule has 0 spiro atoms. The number of rotatable bonds is 6. The van der Waals surface area contributed by atoms with Gasteiger partial charge < -0.3 is 10.8 Å². The van der Waals surface area contributed by atoms with Crippen molar-refractivity contribution in [3.05, 3.63) is 0 Å². The van der Waals surface area contributed by atoms with Crippen LogP contribution in [0.5, 0.6) is 0 Å². The zero-order chi connectivity index (χ0) is 13.7. The van der Waals surface area contributed by atoms with E-state index in [0.29, 0.717) is 13.0 Å². The van der Waals surface area contributed by atoms with Crippen molar-refractivity contribution in [1.29, 1.82) is 0 Å². The summed E-state index contributed by atoms with van der Waals surface area (Å²) in [7, 11) is 0. The fraction of sp³-hybridized carbons (Fsp3) is 0.933. The van der Waals surface area contributed by atoms with Gasteiger partial charge in [-0.05, 0) is 31.7 Å². The van der Waals surface area contributed by atoms with E-state index in [4.69, 9.17) is 5.73 Å². The van der Waals surface area contributed by atoms with Crippen LogP contribution in [0.2, 0.25) is 0 Å². The highest BCUT2D eigenvalue weighted by atomic mass is 16.3. The SMILES string of the molecule is NC(=O)C[C@@H]1CCCCN1C[C@H](O)CC1CCCC1. The smallest absolute Gasteiger partial charge is 0.218 e. The summed E-state index contributed by atoms with van der Waals surface area (Å²) in [5, 5.41) is 10.3. The molecule has 2 atom stereocenters. The summed E-state index contributed by atoms with van der Waals surface area (Å²) in [4.78, 5) is 13.4. The molecule has 110 valence electrons. The monoisotopic (exact) mass is 268 g/mol. The van der Waals surface area contributed by atoms with Gasteiger partial charge in [-0.2, -0.15) is 0 Å². The molecule has 0 aromatic heterocycles. The Morgan fingerprint density at radius 1 is 1.21 bits per heavy atom. The van der Waals surface area contributed by atoms with Gasteiger partial charge in [-0.3, -0.25) is 9.69 Å². The Labute approximate surface area is 116 Å². The lowest BCUT2D eigenvalue weighted by Gasteiger charge is -2.36. The maximum absolute atomic E-state index is 11.1. The van der Waals surface area contributed by atoms with Crippen LogP contribution in [-0.4, -0.2) is 41.1 Å². The van der Waals surface area contributed by atoms with Crippen LogP contribution in [0.3, 0.4) is 0 Å². The second-order valence-corrected chi connectivity index (χ2v) is 6.35. The molecule has 3 N–H and O–H groups in total. The molecule has 2 aliphatic rings. The molecule has 4 nitrogen and oxygen atoms in total. The average Bonchev–Trinajstić information content (AvgIpc) is 2.83. The third kappa shape index (κ3) is 4.77. The molecule has 1 aliphatic heterocycles. The lowest BCUT2D eigenvalue weighted by molar-refractivity contribution is -0.119. The van der Waals surface area contributed by atoms with Gasteiger partial charge in [0, 0.05) is 19.0 Å². The minimum absolute atomic E-state index is 0.220. The zero-order valence-corrected chi connectivity index (χ0v) is 11.9. The number of primary amides is 1. The first-order chi connectivity index (χ1) is 9.15. The maximum Gasteiger partial charge on any atom is 0.218 e. The van der Waals surface area contributed by atoms with Gasteiger partial charge >= 0.3 is 0 Å². The highest BCUT2D eigenvalue weighted by Crippen LogP contribution is 2.29. The third-order valence-electron chi connectivity index (χ3n) is 4.71. The van der Waals surface area contributed by atoms with E-state index in [9.17, 15) is 9.90 Å². The van der Waals surface area contributed by atoms with E-state index in [1.54, 1.807) is 0 Å². The molecule has 1 aliphatic carbocycles. The van der Waals surface area contributed by atoms with Gasteiger partial charge in [0.25, 0.3) is 0 Å². The van der Waals surface area contributed by atoms with E-state index in [1.807, 2.05) is 0 Å². The maximum atomic E-state index is 11.1. The fourth-order valence-electron chi connectivity index (χ4n) is 3.74. The van der Waals surface area contributed by atoms with Gasteiger partial charge in [0.15, 0.2) is 0 Å². The Balaban J connectivity index is 1.78. The van der Waals surface area contributed by atoms with Crippen molar-refractivity contribution in [3.63, 3.8) is 0 Å². The number of nitrogens with zero attached hydrogens (tertiary/aromatic N) is 1. The molecule has 1 heterocycles. The van der Waals surface area contributed by atoms with Crippen LogP contribution in [0, 0.1) is 5.92 Å². The number of aliphatic hydroxyl groups excluding tert-OH is 1. The van der Waals surface area contributed by atoms with Crippen LogP contribution in [0.4, 0.5) is 0 Å². The first-order valence-electron chi connectivity index (χ1n) is 7.85. The number of β-amino-alcohol motifs (C(OH)–C–C–N with tert-alkyl or cyclic N) is 1. The van der Waals surface area contributed by atoms with Crippen LogP contribution in [0.15, 0.2) is 0 Å². The fourth-order valence-corrected chi connectivity index (χ4v) is 3.74. The summed E-state index contributed by atoms with van der Waals surface area (Å²) in [6, 6.07) is 0.254. The van der Waals surface area contributed by atoms with Crippen LogP contribution < -0.4 is 5.73 Å². The van der Waals surface area contributed by atoms with E-state index >= 15 is 0 Å². The molecule has 1 amide bonds. The first kappa shape index (κ1) is 14.8. The molecule has 4 heteroatoms. The van der Waals surface area contributed by atoms with Crippen molar-refractivity contribution in [2.45, 2.75) is 69.9 Å². The standard InChI is InChI=1S/C15H28N2O2/c16-15(19)10-13-7-3-4-8-17(13)11-14(18)9-12-5-1-2-6-12/h12-14,18H,1-11H2,(H2,16,19)/t13-,14+/m0/s1. The Hall–Kier alpha value is -0.610. The van der Waals surface area contributed by atoms with Crippen LogP contribution in [-0.2, 0) is 4.79 Å². The van der Waals surface area contributed by atoms with Gasteiger partial charge in [0.2, 0.25) is 5.91 Å². The Kier molecular flexibility index (Phi) is 5.64. The lowest BCUT2D eigenvalue weighted by atomic mass is 9.96. The molecular weight excluding hydrogens is 240 g/mol. The number of likely N-dealkylation sites (tertiary alicyclic amines) is 1. The number of carbonyl (C=O) groups excluding carboxylic acids is 1. The predicted molar refractivity (Wildman–Crippen MR) is 75.6 cm³/mol. The quantitative estimate of drug-likeness (QED) is 0.770. The average molecular weight is 268 g/mol. The van der Waals surface area contributed by atoms with Crippen LogP contribution in [0.1, 0.15) is 57.8 Å². The van der Waals surface area contributed by atoms with Gasteiger partial charge in [0.1, 0.15) is 0 Å². The van der Waals surface area contributed by atoms with Crippen molar-refractivity contribution < 1.29 is 9.90 Å². The Morgan fingerprint density at radius 2 is 1.89 bits per heavy atom. The number of nitrogens with two attached hydrogens (primary N) is 1. The highest BCUT2D eigenvalue weighted by molar-refractivity contribution is 5.74. The summed E-state index contributed by atoms with van der Waals surface area (Å²) in [5.74, 6) is 0.497. The van der Waals surface area contributed by atoms with E-state index in [2.05, 4.69) is 4.90 Å². The van der Waals surface area contributed by atoms with Gasteiger partial charge in [-0.1, -0.05) is 32.1 Å². The van der Waals surface area contributed by atoms with Crippen molar-refractivity contribution in [3.8, 4) is 0 Å². The molecule has 0 aromatic carbocycles. The Morgan fingerprint density at radius 3 is 2.58 bits per heavy atom. The Bertz CT molecular complexity index is 290. The predicted octanol–water partition coefficient (Wildman–Crippen LogP) is 1.66. The summed E-state index contributed by atoms with van der Waals surface area (Å²) in [6.45, 7) is 1.72. The van der Waals surface area contributed by atoms with Crippen molar-refractivity contribution in [1.82, 2.24) is 4.90 Å². The van der Waals surface area contributed by atoms with E-state index in [1.165, 1.54) is 38.5 Å². The minimum Gasteiger partial charge on any atom is -0.392 e. The minimum atomic E-state index is -0.239. The van der Waals surface area contributed by atoms with E-state index in [-0.39, 0.29) is 18.1 Å². The normalized spacial score (nSPS) is 27.5. The molecular formula is C15H28N2O2. The molecule has 2 rings (SSSR count). The number of aliphatic hydroxyl groups is 1. The van der Waals surface area contributed by atoms with Gasteiger partial charge in [-0.25, -0.2) is 0 Å². The molecule has 0 bridgehead atoms. The molecule has 0 unspecified atom stereocenters. The number of hydrogen-bond donors (Lipinski definition) is 2. The summed E-state index contributed by atoms with van der Waals surface area (Å²) >= 11 is 0.